The van der Waals surface area contributed by atoms with Crippen LogP contribution in [0.1, 0.15) is 50.2 Å². The van der Waals surface area contributed by atoms with Crippen molar-refractivity contribution in [1.82, 2.24) is 14.5 Å². The third-order valence-electron chi connectivity index (χ3n) is 9.33. The Morgan fingerprint density at radius 3 is 2.36 bits per heavy atom. The molecule has 47 heavy (non-hydrogen) atoms. The van der Waals surface area contributed by atoms with Crippen LogP contribution in [0.25, 0.3) is 20.5 Å². The number of nitrogens with one attached hydrogen (secondary N) is 1. The quantitative estimate of drug-likeness (QED) is 0.139. The van der Waals surface area contributed by atoms with Gasteiger partial charge in [0.25, 0.3) is 0 Å². The molecule has 0 spiro atoms. The Labute approximate surface area is 283 Å². The van der Waals surface area contributed by atoms with Gasteiger partial charge in [-0.25, -0.2) is 13.1 Å². The van der Waals surface area contributed by atoms with Crippen LogP contribution in [-0.4, -0.2) is 87.6 Å². The van der Waals surface area contributed by atoms with Gasteiger partial charge in [0, 0.05) is 28.7 Å². The number of phenols is 1. The highest BCUT2D eigenvalue weighted by Gasteiger charge is 2.28. The number of benzene rings is 3. The van der Waals surface area contributed by atoms with Gasteiger partial charge in [-0.15, -0.1) is 11.3 Å². The fourth-order valence-electron chi connectivity index (χ4n) is 6.81. The van der Waals surface area contributed by atoms with Gasteiger partial charge in [0.05, 0.1) is 5.75 Å². The van der Waals surface area contributed by atoms with Crippen LogP contribution in [0.3, 0.4) is 0 Å². The fourth-order valence-corrected chi connectivity index (χ4v) is 9.47. The lowest BCUT2D eigenvalue weighted by Crippen LogP contribution is -2.40. The lowest BCUT2D eigenvalue weighted by Gasteiger charge is -2.26. The minimum Gasteiger partial charge on any atom is -0.508 e. The van der Waals surface area contributed by atoms with Crippen molar-refractivity contribution in [2.24, 2.45) is 0 Å². The minimum absolute atomic E-state index is 0.0984. The first-order valence-electron chi connectivity index (χ1n) is 17.0. The number of sulfonamides is 1. The molecule has 0 radical (unpaired) electrons. The van der Waals surface area contributed by atoms with Crippen LogP contribution in [0.4, 0.5) is 0 Å². The van der Waals surface area contributed by atoms with Crippen LogP contribution in [0, 0.1) is 0 Å². The average molecular weight is 678 g/mol. The Kier molecular flexibility index (Phi) is 11.4. The van der Waals surface area contributed by atoms with E-state index in [1.807, 2.05) is 36.4 Å². The van der Waals surface area contributed by atoms with Crippen molar-refractivity contribution in [3.8, 4) is 27.7 Å². The van der Waals surface area contributed by atoms with E-state index >= 15 is 0 Å². The zero-order chi connectivity index (χ0) is 32.6. The molecule has 0 saturated carbocycles. The molecule has 1 atom stereocenters. The normalized spacial score (nSPS) is 17.8. The van der Waals surface area contributed by atoms with E-state index in [4.69, 9.17) is 9.47 Å². The van der Waals surface area contributed by atoms with E-state index in [-0.39, 0.29) is 30.7 Å². The molecule has 1 unspecified atom stereocenters. The monoisotopic (exact) mass is 677 g/mol. The van der Waals surface area contributed by atoms with E-state index in [2.05, 4.69) is 45.7 Å². The number of likely N-dealkylation sites (tertiary alicyclic amines) is 2. The van der Waals surface area contributed by atoms with Crippen molar-refractivity contribution < 1.29 is 23.0 Å². The first kappa shape index (κ1) is 33.7. The zero-order valence-corrected chi connectivity index (χ0v) is 29.0. The molecule has 3 heterocycles. The van der Waals surface area contributed by atoms with Crippen molar-refractivity contribution in [1.29, 1.82) is 0 Å². The lowest BCUT2D eigenvalue weighted by molar-refractivity contribution is 0.183. The Balaban J connectivity index is 1.07. The summed E-state index contributed by atoms with van der Waals surface area (Å²) < 4.78 is 40.9. The highest BCUT2D eigenvalue weighted by atomic mass is 32.2. The maximum absolute atomic E-state index is 12.6. The second-order valence-corrected chi connectivity index (χ2v) is 15.5. The number of hydrogen-bond acceptors (Lipinski definition) is 8. The van der Waals surface area contributed by atoms with Gasteiger partial charge in [-0.3, -0.25) is 9.80 Å². The Bertz CT molecular complexity index is 1700. The second-order valence-electron chi connectivity index (χ2n) is 12.6. The number of hydrogen-bond donors (Lipinski definition) is 2. The molecule has 2 aliphatic heterocycles. The summed E-state index contributed by atoms with van der Waals surface area (Å²) in [6.07, 6.45) is 6.66. The summed E-state index contributed by atoms with van der Waals surface area (Å²) >= 11 is 1.67. The summed E-state index contributed by atoms with van der Waals surface area (Å²) in [5.41, 5.74) is 3.49. The minimum atomic E-state index is -3.36. The number of aromatic hydroxyl groups is 1. The van der Waals surface area contributed by atoms with Crippen molar-refractivity contribution in [3.63, 3.8) is 0 Å². The molecule has 3 aromatic carbocycles. The summed E-state index contributed by atoms with van der Waals surface area (Å²) in [6, 6.07) is 22.1. The Morgan fingerprint density at radius 2 is 1.62 bits per heavy atom. The number of ether oxygens (including phenoxy) is 2. The van der Waals surface area contributed by atoms with Gasteiger partial charge in [-0.2, -0.15) is 0 Å². The summed E-state index contributed by atoms with van der Waals surface area (Å²) in [5.74, 6) is 1.98. The maximum atomic E-state index is 12.6. The standard InChI is InChI=1S/C37H47N3O5S2/c1-2-40-21-6-7-30(40)27-47(42,43)38-18-23-44-33-15-10-29(11-16-33)37-35(34-17-12-31(41)26-36(34)46-37)25-28-8-13-32(14-9-28)45-24-22-39-19-4-3-5-20-39/h8-17,26,30,38,41H,2-7,18-25,27H2,1H3. The summed E-state index contributed by atoms with van der Waals surface area (Å²) in [7, 11) is -3.36. The van der Waals surface area contributed by atoms with Gasteiger partial charge in [0.15, 0.2) is 0 Å². The van der Waals surface area contributed by atoms with Gasteiger partial charge in [0.1, 0.15) is 30.5 Å². The van der Waals surface area contributed by atoms with E-state index in [1.54, 1.807) is 17.4 Å². The van der Waals surface area contributed by atoms with E-state index in [1.165, 1.54) is 43.5 Å². The molecule has 2 N–H and O–H groups in total. The number of rotatable bonds is 15. The summed E-state index contributed by atoms with van der Waals surface area (Å²) in [6.45, 7) is 8.45. The largest absolute Gasteiger partial charge is 0.508 e. The third kappa shape index (κ3) is 9.06. The third-order valence-corrected chi connectivity index (χ3v) is 12.0. The van der Waals surface area contributed by atoms with Crippen molar-refractivity contribution >= 4 is 31.4 Å². The lowest BCUT2D eigenvalue weighted by atomic mass is 9.99. The van der Waals surface area contributed by atoms with E-state index in [0.717, 1.165) is 65.2 Å². The van der Waals surface area contributed by atoms with Crippen LogP contribution in [0.15, 0.2) is 66.7 Å². The highest BCUT2D eigenvalue weighted by molar-refractivity contribution is 7.89. The molecule has 2 fully saturated rings. The molecule has 1 aromatic heterocycles. The number of thiophene rings is 1. The van der Waals surface area contributed by atoms with Crippen molar-refractivity contribution in [2.75, 3.05) is 58.2 Å². The fraction of sp³-hybridized carbons (Fsp3) is 0.459. The molecule has 0 bridgehead atoms. The van der Waals surface area contributed by atoms with Crippen LogP contribution in [-0.2, 0) is 16.4 Å². The molecular weight excluding hydrogens is 631 g/mol. The van der Waals surface area contributed by atoms with Gasteiger partial charge in [0.2, 0.25) is 10.0 Å². The first-order valence-corrected chi connectivity index (χ1v) is 19.5. The van der Waals surface area contributed by atoms with Gasteiger partial charge in [-0.05, 0) is 135 Å². The van der Waals surface area contributed by atoms with E-state index < -0.39 is 10.0 Å². The maximum Gasteiger partial charge on any atom is 0.213 e. The smallest absolute Gasteiger partial charge is 0.213 e. The van der Waals surface area contributed by atoms with Crippen LogP contribution in [0.2, 0.25) is 0 Å². The average Bonchev–Trinajstić information content (AvgIpc) is 3.67. The number of nitrogens with zero attached hydrogens (tertiary/aromatic N) is 2. The molecule has 2 saturated heterocycles. The number of fused-ring (bicyclic) bond motifs is 1. The van der Waals surface area contributed by atoms with Gasteiger partial charge < -0.3 is 14.6 Å². The first-order chi connectivity index (χ1) is 22.9. The van der Waals surface area contributed by atoms with E-state index in [0.29, 0.717) is 12.4 Å². The second kappa shape index (κ2) is 15.8. The molecule has 8 nitrogen and oxygen atoms in total. The van der Waals surface area contributed by atoms with Gasteiger partial charge >= 0.3 is 0 Å². The predicted octanol–water partition coefficient (Wildman–Crippen LogP) is 6.51. The number of phenolic OH excluding ortho intramolecular Hbond substituents is 1. The summed E-state index contributed by atoms with van der Waals surface area (Å²) in [5, 5.41) is 11.3. The predicted molar refractivity (Wildman–Crippen MR) is 192 cm³/mol. The topological polar surface area (TPSA) is 91.3 Å². The van der Waals surface area contributed by atoms with Crippen LogP contribution in [0.5, 0.6) is 17.2 Å². The highest BCUT2D eigenvalue weighted by Crippen LogP contribution is 2.41. The van der Waals surface area contributed by atoms with Crippen LogP contribution < -0.4 is 14.2 Å². The van der Waals surface area contributed by atoms with Crippen molar-refractivity contribution in [2.45, 2.75) is 51.5 Å². The molecule has 4 aromatic rings. The molecule has 2 aliphatic rings. The molecule has 10 heteroatoms. The molecule has 252 valence electrons. The molecule has 6 rings (SSSR count). The Hall–Kier alpha value is -3.15. The molecular formula is C37H47N3O5S2. The van der Waals surface area contributed by atoms with Crippen molar-refractivity contribution in [3.05, 3.63) is 77.9 Å². The molecule has 0 amide bonds. The summed E-state index contributed by atoms with van der Waals surface area (Å²) in [4.78, 5) is 5.88. The Morgan fingerprint density at radius 1 is 0.894 bits per heavy atom. The van der Waals surface area contributed by atoms with Gasteiger partial charge in [-0.1, -0.05) is 25.5 Å². The number of piperidine rings is 1. The van der Waals surface area contributed by atoms with Crippen LogP contribution >= 0.6 is 11.3 Å². The zero-order valence-electron chi connectivity index (χ0n) is 27.3. The molecule has 0 aliphatic carbocycles. The SMILES string of the molecule is CCN1CCCC1CS(=O)(=O)NCCOc1ccc(-c2sc3cc(O)ccc3c2Cc2ccc(OCCN3CCCCC3)cc2)cc1. The van der Waals surface area contributed by atoms with E-state index in [9.17, 15) is 13.5 Å².